The predicted octanol–water partition coefficient (Wildman–Crippen LogP) is 3.81. The molecule has 0 saturated heterocycles. The van der Waals surface area contributed by atoms with Crippen molar-refractivity contribution in [1.82, 2.24) is 19.9 Å². The summed E-state index contributed by atoms with van der Waals surface area (Å²) in [6, 6.07) is 15.4. The molecule has 0 aliphatic rings. The minimum Gasteiger partial charge on any atom is -0.336 e. The van der Waals surface area contributed by atoms with Crippen LogP contribution in [0.1, 0.15) is 27.3 Å². The number of carbonyl (C=O) groups is 1. The Morgan fingerprint density at radius 3 is 2.64 bits per heavy atom. The van der Waals surface area contributed by atoms with Crippen molar-refractivity contribution < 1.29 is 4.79 Å². The molecule has 0 N–H and O–H groups in total. The standard InChI is InChI=1S/C19H19ClN4O/c1-13-7-6-9-16(11-13)24-14(2)18(21-22-24)19(25)23(3)12-15-8-4-5-10-17(15)20/h4-11H,12H2,1-3H3. The fourth-order valence-electron chi connectivity index (χ4n) is 2.67. The lowest BCUT2D eigenvalue weighted by Crippen LogP contribution is -2.27. The quantitative estimate of drug-likeness (QED) is 0.715. The van der Waals surface area contributed by atoms with E-state index in [4.69, 9.17) is 11.6 Å². The molecule has 6 heteroatoms. The number of aryl methyl sites for hydroxylation is 1. The molecule has 2 aromatic carbocycles. The van der Waals surface area contributed by atoms with E-state index in [9.17, 15) is 4.79 Å². The van der Waals surface area contributed by atoms with Crippen LogP contribution in [0.5, 0.6) is 0 Å². The van der Waals surface area contributed by atoms with Gasteiger partial charge in [0.2, 0.25) is 0 Å². The van der Waals surface area contributed by atoms with Crippen molar-refractivity contribution in [3.63, 3.8) is 0 Å². The highest BCUT2D eigenvalue weighted by Crippen LogP contribution is 2.19. The molecule has 0 atom stereocenters. The fraction of sp³-hybridized carbons (Fsp3) is 0.211. The molecule has 0 fully saturated rings. The minimum absolute atomic E-state index is 0.184. The van der Waals surface area contributed by atoms with Crippen molar-refractivity contribution in [1.29, 1.82) is 0 Å². The molecule has 1 aromatic heterocycles. The van der Waals surface area contributed by atoms with Gasteiger partial charge in [0.05, 0.1) is 11.4 Å². The van der Waals surface area contributed by atoms with Crippen LogP contribution in [0.2, 0.25) is 5.02 Å². The average Bonchev–Trinajstić information content (AvgIpc) is 2.97. The van der Waals surface area contributed by atoms with Crippen LogP contribution in [0.3, 0.4) is 0 Å². The first kappa shape index (κ1) is 17.2. The van der Waals surface area contributed by atoms with E-state index in [1.165, 1.54) is 0 Å². The second kappa shape index (κ2) is 7.07. The first-order valence-electron chi connectivity index (χ1n) is 7.95. The lowest BCUT2D eigenvalue weighted by molar-refractivity contribution is 0.0778. The van der Waals surface area contributed by atoms with Crippen LogP contribution in [0, 0.1) is 13.8 Å². The van der Waals surface area contributed by atoms with Crippen molar-refractivity contribution in [2.24, 2.45) is 0 Å². The Balaban J connectivity index is 1.84. The molecule has 128 valence electrons. The number of carbonyl (C=O) groups excluding carboxylic acids is 1. The maximum absolute atomic E-state index is 12.8. The van der Waals surface area contributed by atoms with E-state index in [2.05, 4.69) is 10.3 Å². The van der Waals surface area contributed by atoms with Crippen LogP contribution in [-0.4, -0.2) is 32.8 Å². The molecule has 25 heavy (non-hydrogen) atoms. The molecule has 0 radical (unpaired) electrons. The highest BCUT2D eigenvalue weighted by molar-refractivity contribution is 6.31. The van der Waals surface area contributed by atoms with Crippen molar-refractivity contribution in [3.05, 3.63) is 76.1 Å². The molecule has 0 bridgehead atoms. The second-order valence-electron chi connectivity index (χ2n) is 6.03. The average molecular weight is 355 g/mol. The monoisotopic (exact) mass is 354 g/mol. The van der Waals surface area contributed by atoms with E-state index in [1.807, 2.05) is 62.4 Å². The molecule has 1 amide bonds. The van der Waals surface area contributed by atoms with Crippen LogP contribution in [0.15, 0.2) is 48.5 Å². The number of rotatable bonds is 4. The summed E-state index contributed by atoms with van der Waals surface area (Å²) in [5.74, 6) is -0.184. The lowest BCUT2D eigenvalue weighted by Gasteiger charge is -2.17. The highest BCUT2D eigenvalue weighted by atomic mass is 35.5. The van der Waals surface area contributed by atoms with Crippen LogP contribution < -0.4 is 0 Å². The Morgan fingerprint density at radius 2 is 1.92 bits per heavy atom. The van der Waals surface area contributed by atoms with Crippen molar-refractivity contribution in [3.8, 4) is 5.69 Å². The van der Waals surface area contributed by atoms with Gasteiger partial charge in [0, 0.05) is 18.6 Å². The Morgan fingerprint density at radius 1 is 1.16 bits per heavy atom. The Labute approximate surface area is 151 Å². The van der Waals surface area contributed by atoms with E-state index in [1.54, 1.807) is 16.6 Å². The number of halogens is 1. The summed E-state index contributed by atoms with van der Waals surface area (Å²) >= 11 is 6.18. The van der Waals surface area contributed by atoms with E-state index < -0.39 is 0 Å². The van der Waals surface area contributed by atoms with Gasteiger partial charge in [-0.25, -0.2) is 4.68 Å². The molecular formula is C19H19ClN4O. The largest absolute Gasteiger partial charge is 0.336 e. The maximum Gasteiger partial charge on any atom is 0.276 e. The predicted molar refractivity (Wildman–Crippen MR) is 98.1 cm³/mol. The molecule has 0 aliphatic carbocycles. The molecular weight excluding hydrogens is 336 g/mol. The van der Waals surface area contributed by atoms with E-state index in [0.717, 1.165) is 16.8 Å². The van der Waals surface area contributed by atoms with Crippen LogP contribution in [0.4, 0.5) is 0 Å². The number of hydrogen-bond acceptors (Lipinski definition) is 3. The Hall–Kier alpha value is -2.66. The third-order valence-electron chi connectivity index (χ3n) is 4.06. The van der Waals surface area contributed by atoms with E-state index in [0.29, 0.717) is 23.0 Å². The smallest absolute Gasteiger partial charge is 0.276 e. The number of nitrogens with zero attached hydrogens (tertiary/aromatic N) is 4. The van der Waals surface area contributed by atoms with Crippen molar-refractivity contribution in [2.45, 2.75) is 20.4 Å². The van der Waals surface area contributed by atoms with Gasteiger partial charge in [0.15, 0.2) is 5.69 Å². The molecule has 3 aromatic rings. The summed E-state index contributed by atoms with van der Waals surface area (Å²) in [5.41, 5.74) is 3.95. The van der Waals surface area contributed by atoms with Gasteiger partial charge in [0.25, 0.3) is 5.91 Å². The topological polar surface area (TPSA) is 51.0 Å². The normalized spacial score (nSPS) is 10.7. The Bertz CT molecular complexity index is 919. The third-order valence-corrected chi connectivity index (χ3v) is 4.42. The van der Waals surface area contributed by atoms with Gasteiger partial charge >= 0.3 is 0 Å². The lowest BCUT2D eigenvalue weighted by atomic mass is 10.2. The summed E-state index contributed by atoms with van der Waals surface area (Å²) < 4.78 is 1.68. The summed E-state index contributed by atoms with van der Waals surface area (Å²) in [6.45, 7) is 4.27. The first-order chi connectivity index (χ1) is 12.0. The van der Waals surface area contributed by atoms with Crippen LogP contribution in [0.25, 0.3) is 5.69 Å². The zero-order valence-electron chi connectivity index (χ0n) is 14.4. The van der Waals surface area contributed by atoms with E-state index >= 15 is 0 Å². The van der Waals surface area contributed by atoms with Crippen molar-refractivity contribution >= 4 is 17.5 Å². The number of hydrogen-bond donors (Lipinski definition) is 0. The zero-order chi connectivity index (χ0) is 18.0. The van der Waals surface area contributed by atoms with Gasteiger partial charge in [-0.2, -0.15) is 0 Å². The molecule has 0 aliphatic heterocycles. The molecule has 0 spiro atoms. The summed E-state index contributed by atoms with van der Waals surface area (Å²) in [7, 11) is 1.73. The second-order valence-corrected chi connectivity index (χ2v) is 6.43. The summed E-state index contributed by atoms with van der Waals surface area (Å²) in [6.07, 6.45) is 0. The van der Waals surface area contributed by atoms with Crippen molar-refractivity contribution in [2.75, 3.05) is 7.05 Å². The maximum atomic E-state index is 12.8. The zero-order valence-corrected chi connectivity index (χ0v) is 15.2. The molecule has 5 nitrogen and oxygen atoms in total. The molecule has 3 rings (SSSR count). The number of amides is 1. The number of aromatic nitrogens is 3. The van der Waals surface area contributed by atoms with E-state index in [-0.39, 0.29) is 5.91 Å². The minimum atomic E-state index is -0.184. The van der Waals surface area contributed by atoms with Gasteiger partial charge in [0.1, 0.15) is 0 Å². The number of benzene rings is 2. The Kier molecular flexibility index (Phi) is 4.86. The summed E-state index contributed by atoms with van der Waals surface area (Å²) in [5, 5.41) is 8.88. The molecule has 0 unspecified atom stereocenters. The highest BCUT2D eigenvalue weighted by Gasteiger charge is 2.21. The molecule has 0 saturated carbocycles. The van der Waals surface area contributed by atoms with Gasteiger partial charge in [-0.3, -0.25) is 4.79 Å². The summed E-state index contributed by atoms with van der Waals surface area (Å²) in [4.78, 5) is 14.4. The third kappa shape index (κ3) is 3.56. The first-order valence-corrected chi connectivity index (χ1v) is 8.33. The van der Waals surface area contributed by atoms with Gasteiger partial charge < -0.3 is 4.90 Å². The fourth-order valence-corrected chi connectivity index (χ4v) is 2.86. The van der Waals surface area contributed by atoms with Gasteiger partial charge in [-0.05, 0) is 43.2 Å². The van der Waals surface area contributed by atoms with Gasteiger partial charge in [-0.15, -0.1) is 5.10 Å². The SMILES string of the molecule is Cc1cccc(-n2nnc(C(=O)N(C)Cc3ccccc3Cl)c2C)c1. The van der Waals surface area contributed by atoms with Crippen LogP contribution in [-0.2, 0) is 6.54 Å². The van der Waals surface area contributed by atoms with Crippen LogP contribution >= 0.6 is 11.6 Å². The molecule has 1 heterocycles. The van der Waals surface area contributed by atoms with Gasteiger partial charge in [-0.1, -0.05) is 47.1 Å².